The van der Waals surface area contributed by atoms with E-state index in [-0.39, 0.29) is 6.04 Å². The van der Waals surface area contributed by atoms with Crippen LogP contribution in [0.1, 0.15) is 51.3 Å². The summed E-state index contributed by atoms with van der Waals surface area (Å²) in [5, 5.41) is 0. The van der Waals surface area contributed by atoms with E-state index < -0.39 is 10.0 Å². The van der Waals surface area contributed by atoms with Gasteiger partial charge in [-0.1, -0.05) is 6.92 Å². The molecule has 2 unspecified atom stereocenters. The summed E-state index contributed by atoms with van der Waals surface area (Å²) in [5.74, 6) is 0.768. The molecule has 1 aromatic rings. The van der Waals surface area contributed by atoms with Gasteiger partial charge in [-0.3, -0.25) is 0 Å². The molecule has 1 saturated heterocycles. The van der Waals surface area contributed by atoms with Gasteiger partial charge in [0.1, 0.15) is 4.90 Å². The summed E-state index contributed by atoms with van der Waals surface area (Å²) in [6, 6.07) is 2.26. The summed E-state index contributed by atoms with van der Waals surface area (Å²) in [6.45, 7) is 4.77. The van der Waals surface area contributed by atoms with Gasteiger partial charge in [0.25, 0.3) is 0 Å². The molecular weight excluding hydrogens is 308 g/mol. The number of sulfonamides is 1. The number of aromatic nitrogens is 1. The topological polar surface area (TPSA) is 42.3 Å². The van der Waals surface area contributed by atoms with Crippen LogP contribution in [0.4, 0.5) is 0 Å². The maximum absolute atomic E-state index is 12.9. The number of piperidine rings is 1. The van der Waals surface area contributed by atoms with Crippen molar-refractivity contribution >= 4 is 21.6 Å². The minimum absolute atomic E-state index is 0.0625. The molecule has 4 nitrogen and oxygen atoms in total. The van der Waals surface area contributed by atoms with Gasteiger partial charge in [-0.2, -0.15) is 4.31 Å². The Hall–Kier alpha value is -0.520. The third-order valence-electron chi connectivity index (χ3n) is 4.91. The smallest absolute Gasteiger partial charge is 0.244 e. The number of hydrogen-bond acceptors (Lipinski definition) is 2. The lowest BCUT2D eigenvalue weighted by Gasteiger charge is -2.36. The van der Waals surface area contributed by atoms with Crippen molar-refractivity contribution in [1.82, 2.24) is 8.87 Å². The quantitative estimate of drug-likeness (QED) is 0.794. The molecule has 2 aliphatic rings. The lowest BCUT2D eigenvalue weighted by Crippen LogP contribution is -2.45. The third-order valence-corrected chi connectivity index (χ3v) is 7.13. The first kappa shape index (κ1) is 15.4. The van der Waals surface area contributed by atoms with E-state index in [2.05, 4.69) is 11.5 Å². The second-order valence-corrected chi connectivity index (χ2v) is 8.57. The van der Waals surface area contributed by atoms with E-state index in [0.717, 1.165) is 31.4 Å². The first-order chi connectivity index (χ1) is 9.95. The zero-order valence-corrected chi connectivity index (χ0v) is 14.2. The fourth-order valence-electron chi connectivity index (χ4n) is 3.21. The van der Waals surface area contributed by atoms with Crippen LogP contribution >= 0.6 is 11.6 Å². The highest BCUT2D eigenvalue weighted by molar-refractivity contribution is 7.89. The van der Waals surface area contributed by atoms with Crippen molar-refractivity contribution in [2.24, 2.45) is 5.92 Å². The van der Waals surface area contributed by atoms with Crippen molar-refractivity contribution in [2.45, 2.75) is 62.4 Å². The van der Waals surface area contributed by atoms with Crippen LogP contribution in [0, 0.1) is 5.92 Å². The Morgan fingerprint density at radius 2 is 2.00 bits per heavy atom. The fourth-order valence-corrected chi connectivity index (χ4v) is 5.24. The Morgan fingerprint density at radius 3 is 2.62 bits per heavy atom. The third kappa shape index (κ3) is 2.76. The van der Waals surface area contributed by atoms with Crippen LogP contribution in [0.15, 0.2) is 17.2 Å². The van der Waals surface area contributed by atoms with Gasteiger partial charge in [0.05, 0.1) is 5.88 Å². The van der Waals surface area contributed by atoms with Gasteiger partial charge in [0.15, 0.2) is 0 Å². The SMILES string of the molecule is CC1CCCN(S(=O)(=O)c2cc(CCl)n(C3CC3)c2)C1C. The highest BCUT2D eigenvalue weighted by Crippen LogP contribution is 2.38. The van der Waals surface area contributed by atoms with Crippen molar-refractivity contribution in [3.05, 3.63) is 18.0 Å². The summed E-state index contributed by atoms with van der Waals surface area (Å²) in [5.41, 5.74) is 0.912. The molecule has 2 atom stereocenters. The molecule has 0 N–H and O–H groups in total. The predicted octanol–water partition coefficient (Wildman–Crippen LogP) is 3.37. The van der Waals surface area contributed by atoms with Gasteiger partial charge < -0.3 is 4.57 Å². The minimum Gasteiger partial charge on any atom is -0.346 e. The molecule has 3 rings (SSSR count). The van der Waals surface area contributed by atoms with Gasteiger partial charge >= 0.3 is 0 Å². The number of halogens is 1. The monoisotopic (exact) mass is 330 g/mol. The van der Waals surface area contributed by atoms with Gasteiger partial charge in [0, 0.05) is 30.5 Å². The van der Waals surface area contributed by atoms with E-state index in [4.69, 9.17) is 11.6 Å². The van der Waals surface area contributed by atoms with Crippen molar-refractivity contribution in [2.75, 3.05) is 6.54 Å². The summed E-state index contributed by atoms with van der Waals surface area (Å²) in [6.07, 6.45) is 6.07. The molecule has 1 saturated carbocycles. The summed E-state index contributed by atoms with van der Waals surface area (Å²) in [4.78, 5) is 0.408. The molecular formula is C15H23ClN2O2S. The Morgan fingerprint density at radius 1 is 1.29 bits per heavy atom. The van der Waals surface area contributed by atoms with Crippen LogP contribution in [-0.4, -0.2) is 29.9 Å². The van der Waals surface area contributed by atoms with Crippen LogP contribution < -0.4 is 0 Å². The Labute approximate surface area is 132 Å². The number of hydrogen-bond donors (Lipinski definition) is 0. The van der Waals surface area contributed by atoms with E-state index in [1.165, 1.54) is 0 Å². The maximum Gasteiger partial charge on any atom is 0.244 e. The number of rotatable bonds is 4. The van der Waals surface area contributed by atoms with Crippen LogP contribution in [0.2, 0.25) is 0 Å². The van der Waals surface area contributed by atoms with Crippen molar-refractivity contribution in [1.29, 1.82) is 0 Å². The summed E-state index contributed by atoms with van der Waals surface area (Å²) < 4.78 is 29.6. The zero-order valence-electron chi connectivity index (χ0n) is 12.6. The molecule has 0 spiro atoms. The second kappa shape index (κ2) is 5.60. The van der Waals surface area contributed by atoms with Gasteiger partial charge in [0.2, 0.25) is 10.0 Å². The van der Waals surface area contributed by atoms with Crippen molar-refractivity contribution in [3.8, 4) is 0 Å². The van der Waals surface area contributed by atoms with Crippen molar-refractivity contribution < 1.29 is 8.42 Å². The molecule has 0 amide bonds. The first-order valence-electron chi connectivity index (χ1n) is 7.73. The van der Waals surface area contributed by atoms with Gasteiger partial charge in [-0.15, -0.1) is 11.6 Å². The maximum atomic E-state index is 12.9. The lowest BCUT2D eigenvalue weighted by atomic mass is 9.94. The normalized spacial score (nSPS) is 28.0. The van der Waals surface area contributed by atoms with Crippen LogP contribution in [-0.2, 0) is 15.9 Å². The van der Waals surface area contributed by atoms with E-state index in [9.17, 15) is 8.42 Å². The highest BCUT2D eigenvalue weighted by atomic mass is 35.5. The summed E-state index contributed by atoms with van der Waals surface area (Å²) in [7, 11) is -3.41. The van der Waals surface area contributed by atoms with Crippen LogP contribution in [0.3, 0.4) is 0 Å². The molecule has 2 fully saturated rings. The van der Waals surface area contributed by atoms with Crippen molar-refractivity contribution in [3.63, 3.8) is 0 Å². The Bertz CT molecular complexity index is 622. The second-order valence-electron chi connectivity index (χ2n) is 6.42. The molecule has 0 radical (unpaired) electrons. The largest absolute Gasteiger partial charge is 0.346 e. The average molecular weight is 331 g/mol. The molecule has 1 aliphatic carbocycles. The van der Waals surface area contributed by atoms with E-state index in [1.54, 1.807) is 16.6 Å². The molecule has 2 heterocycles. The average Bonchev–Trinajstić information content (AvgIpc) is 3.20. The van der Waals surface area contributed by atoms with E-state index in [1.807, 2.05) is 6.92 Å². The Kier molecular flexibility index (Phi) is 4.10. The first-order valence-corrected chi connectivity index (χ1v) is 9.71. The lowest BCUT2D eigenvalue weighted by molar-refractivity contribution is 0.202. The molecule has 1 aromatic heterocycles. The number of alkyl halides is 1. The van der Waals surface area contributed by atoms with E-state index >= 15 is 0 Å². The van der Waals surface area contributed by atoms with Gasteiger partial charge in [-0.25, -0.2) is 8.42 Å². The summed E-state index contributed by atoms with van der Waals surface area (Å²) >= 11 is 5.98. The van der Waals surface area contributed by atoms with Crippen LogP contribution in [0.25, 0.3) is 0 Å². The molecule has 0 bridgehead atoms. The number of nitrogens with zero attached hydrogens (tertiary/aromatic N) is 2. The molecule has 21 heavy (non-hydrogen) atoms. The predicted molar refractivity (Wildman–Crippen MR) is 84.0 cm³/mol. The zero-order chi connectivity index (χ0) is 15.2. The van der Waals surface area contributed by atoms with E-state index in [0.29, 0.717) is 29.3 Å². The fraction of sp³-hybridized carbons (Fsp3) is 0.733. The standard InChI is InChI=1S/C15H23ClN2O2S/c1-11-4-3-7-18(12(11)2)21(19,20)15-8-14(9-16)17(10-15)13-5-6-13/h8,10-13H,3-7,9H2,1-2H3. The molecule has 118 valence electrons. The minimum atomic E-state index is -3.41. The van der Waals surface area contributed by atoms with Crippen LogP contribution in [0.5, 0.6) is 0 Å². The molecule has 6 heteroatoms. The molecule has 1 aliphatic heterocycles. The molecule has 0 aromatic carbocycles. The highest BCUT2D eigenvalue weighted by Gasteiger charge is 2.36. The Balaban J connectivity index is 1.94. The van der Waals surface area contributed by atoms with Gasteiger partial charge in [-0.05, 0) is 44.6 Å².